The van der Waals surface area contributed by atoms with E-state index in [0.717, 1.165) is 21.3 Å². The van der Waals surface area contributed by atoms with Crippen molar-refractivity contribution in [2.75, 3.05) is 5.32 Å². The van der Waals surface area contributed by atoms with Crippen LogP contribution >= 0.6 is 15.9 Å². The summed E-state index contributed by atoms with van der Waals surface area (Å²) in [5.74, 6) is -0.126. The van der Waals surface area contributed by atoms with Gasteiger partial charge in [-0.3, -0.25) is 14.2 Å². The molecule has 0 radical (unpaired) electrons. The largest absolute Gasteiger partial charge is 0.326 e. The molecule has 1 N–H and O–H groups in total. The normalized spacial score (nSPS) is 10.8. The van der Waals surface area contributed by atoms with Gasteiger partial charge in [-0.2, -0.15) is 0 Å². The lowest BCUT2D eigenvalue weighted by atomic mass is 10.1. The Morgan fingerprint density at radius 2 is 1.92 bits per heavy atom. The van der Waals surface area contributed by atoms with Crippen LogP contribution < -0.4 is 10.9 Å². The molecule has 0 atom stereocenters. The number of nitrogens with one attached hydrogen (secondary N) is 1. The van der Waals surface area contributed by atoms with Crippen molar-refractivity contribution in [1.82, 2.24) is 9.55 Å². The number of hydrogen-bond donors (Lipinski definition) is 1. The van der Waals surface area contributed by atoms with Gasteiger partial charge in [-0.1, -0.05) is 34.1 Å². The first-order valence-electron chi connectivity index (χ1n) is 7.96. The van der Waals surface area contributed by atoms with E-state index in [9.17, 15) is 9.59 Å². The molecule has 128 valence electrons. The third kappa shape index (κ3) is 3.79. The molecule has 0 aliphatic heterocycles. The molecule has 1 heterocycles. The number of aromatic nitrogens is 2. The quantitative estimate of drug-likeness (QED) is 0.725. The average Bonchev–Trinajstić information content (AvgIpc) is 2.58. The Balaban J connectivity index is 1.75. The molecular formula is C19H18BrN3O2. The zero-order valence-corrected chi connectivity index (χ0v) is 15.6. The zero-order chi connectivity index (χ0) is 18.0. The Hall–Kier alpha value is -2.47. The van der Waals surface area contributed by atoms with Crippen LogP contribution in [0, 0.1) is 13.8 Å². The molecule has 1 aromatic heterocycles. The smallest absolute Gasteiger partial charge is 0.261 e. The van der Waals surface area contributed by atoms with Crippen LogP contribution in [0.5, 0.6) is 0 Å². The third-order valence-electron chi connectivity index (χ3n) is 4.11. The van der Waals surface area contributed by atoms with Crippen molar-refractivity contribution in [3.05, 3.63) is 68.7 Å². The van der Waals surface area contributed by atoms with Crippen LogP contribution in [-0.2, 0) is 11.3 Å². The lowest BCUT2D eigenvalue weighted by Gasteiger charge is -2.12. The van der Waals surface area contributed by atoms with Gasteiger partial charge in [0.2, 0.25) is 5.91 Å². The number of halogens is 1. The standard InChI is InChI=1S/C19H18BrN3O2/c1-12-4-3-5-13(2)18(12)22-17(24)8-9-23-11-21-16-7-6-14(20)10-15(16)19(23)25/h3-7,10-11H,8-9H2,1-2H3,(H,22,24). The summed E-state index contributed by atoms with van der Waals surface area (Å²) in [6.07, 6.45) is 1.69. The molecule has 3 aromatic rings. The Morgan fingerprint density at radius 1 is 1.20 bits per heavy atom. The van der Waals surface area contributed by atoms with Crippen molar-refractivity contribution < 1.29 is 4.79 Å². The monoisotopic (exact) mass is 399 g/mol. The molecule has 0 bridgehead atoms. The van der Waals surface area contributed by atoms with E-state index >= 15 is 0 Å². The van der Waals surface area contributed by atoms with Crippen LogP contribution in [0.15, 0.2) is 52.0 Å². The highest BCUT2D eigenvalue weighted by Gasteiger charge is 2.09. The van der Waals surface area contributed by atoms with E-state index < -0.39 is 0 Å². The Kier molecular flexibility index (Phi) is 4.99. The zero-order valence-electron chi connectivity index (χ0n) is 14.0. The summed E-state index contributed by atoms with van der Waals surface area (Å²) in [6.45, 7) is 4.20. The first-order valence-corrected chi connectivity index (χ1v) is 8.76. The Morgan fingerprint density at radius 3 is 2.64 bits per heavy atom. The molecule has 0 saturated carbocycles. The predicted octanol–water partition coefficient (Wildman–Crippen LogP) is 3.80. The van der Waals surface area contributed by atoms with Crippen LogP contribution in [0.25, 0.3) is 10.9 Å². The highest BCUT2D eigenvalue weighted by molar-refractivity contribution is 9.10. The third-order valence-corrected chi connectivity index (χ3v) is 4.60. The van der Waals surface area contributed by atoms with Crippen LogP contribution in [-0.4, -0.2) is 15.5 Å². The van der Waals surface area contributed by atoms with E-state index in [2.05, 4.69) is 26.2 Å². The molecule has 1 amide bonds. The van der Waals surface area contributed by atoms with Crippen molar-refractivity contribution in [1.29, 1.82) is 0 Å². The topological polar surface area (TPSA) is 64.0 Å². The van der Waals surface area contributed by atoms with Gasteiger partial charge in [0.05, 0.1) is 17.2 Å². The molecule has 0 spiro atoms. The fourth-order valence-electron chi connectivity index (χ4n) is 2.73. The second kappa shape index (κ2) is 7.19. The SMILES string of the molecule is Cc1cccc(C)c1NC(=O)CCn1cnc2ccc(Br)cc2c1=O. The summed E-state index contributed by atoms with van der Waals surface area (Å²) < 4.78 is 2.29. The number of rotatable bonds is 4. The molecule has 0 unspecified atom stereocenters. The molecular weight excluding hydrogens is 382 g/mol. The van der Waals surface area contributed by atoms with Gasteiger partial charge in [-0.15, -0.1) is 0 Å². The maximum absolute atomic E-state index is 12.5. The minimum atomic E-state index is -0.147. The molecule has 6 heteroatoms. The van der Waals surface area contributed by atoms with Gasteiger partial charge in [0.1, 0.15) is 0 Å². The van der Waals surface area contributed by atoms with E-state index in [0.29, 0.717) is 10.9 Å². The lowest BCUT2D eigenvalue weighted by Crippen LogP contribution is -2.24. The van der Waals surface area contributed by atoms with E-state index in [1.165, 1.54) is 10.9 Å². The number of aryl methyl sites for hydroxylation is 3. The average molecular weight is 400 g/mol. The molecule has 3 rings (SSSR count). The van der Waals surface area contributed by atoms with Crippen LogP contribution in [0.2, 0.25) is 0 Å². The second-order valence-corrected chi connectivity index (χ2v) is 6.89. The number of nitrogens with zero attached hydrogens (tertiary/aromatic N) is 2. The highest BCUT2D eigenvalue weighted by Crippen LogP contribution is 2.19. The number of hydrogen-bond acceptors (Lipinski definition) is 3. The van der Waals surface area contributed by atoms with E-state index in [1.54, 1.807) is 12.1 Å². The minimum Gasteiger partial charge on any atom is -0.326 e. The molecule has 0 aliphatic rings. The van der Waals surface area contributed by atoms with Gasteiger partial charge < -0.3 is 5.32 Å². The van der Waals surface area contributed by atoms with Crippen molar-refractivity contribution in [3.63, 3.8) is 0 Å². The number of carbonyl (C=O) groups is 1. The fraction of sp³-hybridized carbons (Fsp3) is 0.211. The number of amides is 1. The number of carbonyl (C=O) groups excluding carboxylic acids is 1. The minimum absolute atomic E-state index is 0.126. The van der Waals surface area contributed by atoms with Gasteiger partial charge >= 0.3 is 0 Å². The Bertz CT molecular complexity index is 991. The van der Waals surface area contributed by atoms with Crippen LogP contribution in [0.3, 0.4) is 0 Å². The van der Waals surface area contributed by atoms with Gasteiger partial charge in [0.25, 0.3) is 5.56 Å². The van der Waals surface area contributed by atoms with Gasteiger partial charge in [0.15, 0.2) is 0 Å². The summed E-state index contributed by atoms with van der Waals surface area (Å²) >= 11 is 3.36. The second-order valence-electron chi connectivity index (χ2n) is 5.97. The number of anilines is 1. The molecule has 25 heavy (non-hydrogen) atoms. The van der Waals surface area contributed by atoms with E-state index in [-0.39, 0.29) is 24.4 Å². The lowest BCUT2D eigenvalue weighted by molar-refractivity contribution is -0.116. The van der Waals surface area contributed by atoms with Crippen molar-refractivity contribution in [2.45, 2.75) is 26.8 Å². The summed E-state index contributed by atoms with van der Waals surface area (Å²) in [6, 6.07) is 11.3. The number of para-hydroxylation sites is 1. The maximum atomic E-state index is 12.5. The molecule has 0 aliphatic carbocycles. The van der Waals surface area contributed by atoms with Crippen LogP contribution in [0.1, 0.15) is 17.5 Å². The number of benzene rings is 2. The first kappa shape index (κ1) is 17.4. The molecule has 0 fully saturated rings. The van der Waals surface area contributed by atoms with Gasteiger partial charge in [-0.25, -0.2) is 4.98 Å². The summed E-state index contributed by atoms with van der Waals surface area (Å²) in [5.41, 5.74) is 3.36. The van der Waals surface area contributed by atoms with Crippen LogP contribution in [0.4, 0.5) is 5.69 Å². The molecule has 2 aromatic carbocycles. The van der Waals surface area contributed by atoms with Gasteiger partial charge in [-0.05, 0) is 43.2 Å². The van der Waals surface area contributed by atoms with Gasteiger partial charge in [0, 0.05) is 23.1 Å². The maximum Gasteiger partial charge on any atom is 0.261 e. The Labute approximate surface area is 153 Å². The fourth-order valence-corrected chi connectivity index (χ4v) is 3.09. The first-order chi connectivity index (χ1) is 12.0. The van der Waals surface area contributed by atoms with Crippen molar-refractivity contribution >= 4 is 38.4 Å². The number of fused-ring (bicyclic) bond motifs is 1. The van der Waals surface area contributed by atoms with Crippen molar-refractivity contribution in [3.8, 4) is 0 Å². The van der Waals surface area contributed by atoms with E-state index in [1.807, 2.05) is 38.1 Å². The van der Waals surface area contributed by atoms with E-state index in [4.69, 9.17) is 0 Å². The van der Waals surface area contributed by atoms with Crippen molar-refractivity contribution in [2.24, 2.45) is 0 Å². The summed E-state index contributed by atoms with van der Waals surface area (Å²) in [5, 5.41) is 3.47. The summed E-state index contributed by atoms with van der Waals surface area (Å²) in [7, 11) is 0. The highest BCUT2D eigenvalue weighted by atomic mass is 79.9. The predicted molar refractivity (Wildman–Crippen MR) is 103 cm³/mol. The summed E-state index contributed by atoms with van der Waals surface area (Å²) in [4.78, 5) is 29.1. The molecule has 0 saturated heterocycles. The molecule has 5 nitrogen and oxygen atoms in total.